The van der Waals surface area contributed by atoms with Gasteiger partial charge in [0, 0.05) is 57.0 Å². The second kappa shape index (κ2) is 11.2. The van der Waals surface area contributed by atoms with E-state index in [1.807, 2.05) is 11.0 Å². The zero-order chi connectivity index (χ0) is 26.7. The lowest BCUT2D eigenvalue weighted by Crippen LogP contribution is -2.47. The molecular weight excluding hydrogens is 480 g/mol. The summed E-state index contributed by atoms with van der Waals surface area (Å²) >= 11 is 0. The number of carbonyl (C=O) groups excluding carboxylic acids is 1. The number of carbonyl (C=O) groups is 1. The fourth-order valence-corrected chi connectivity index (χ4v) is 5.10. The van der Waals surface area contributed by atoms with Crippen molar-refractivity contribution in [1.82, 2.24) is 24.9 Å². The average molecular weight is 519 g/mol. The smallest absolute Gasteiger partial charge is 0.223 e. The summed E-state index contributed by atoms with van der Waals surface area (Å²) in [5.41, 5.74) is 2.89. The molecule has 3 aromatic rings. The number of hydrogen-bond donors (Lipinski definition) is 0. The second-order valence-electron chi connectivity index (χ2n) is 11.4. The minimum atomic E-state index is 0.00729. The Morgan fingerprint density at radius 2 is 1.87 bits per heavy atom. The highest BCUT2D eigenvalue weighted by molar-refractivity contribution is 5.90. The number of fused-ring (bicyclic) bond motifs is 1. The SMILES string of the molecule is Cc1cc(N(c2ncnc3cnccc23)N2CCOCC2)ccc1OC1CCN(C(=O)CC(C)(C)C)CC1. The van der Waals surface area contributed by atoms with Gasteiger partial charge in [0.05, 0.1) is 30.6 Å². The summed E-state index contributed by atoms with van der Waals surface area (Å²) in [6.45, 7) is 12.8. The van der Waals surface area contributed by atoms with Gasteiger partial charge in [-0.2, -0.15) is 0 Å². The van der Waals surface area contributed by atoms with Crippen LogP contribution in [0.1, 0.15) is 45.6 Å². The summed E-state index contributed by atoms with van der Waals surface area (Å²) in [5, 5.41) is 5.38. The van der Waals surface area contributed by atoms with Crippen LogP contribution in [0.25, 0.3) is 10.9 Å². The van der Waals surface area contributed by atoms with Crippen LogP contribution in [0.2, 0.25) is 0 Å². The predicted octanol–water partition coefficient (Wildman–Crippen LogP) is 4.52. The van der Waals surface area contributed by atoms with Gasteiger partial charge in [0.25, 0.3) is 0 Å². The molecule has 0 atom stereocenters. The molecule has 1 aromatic carbocycles. The molecule has 2 aromatic heterocycles. The highest BCUT2D eigenvalue weighted by Gasteiger charge is 2.28. The first kappa shape index (κ1) is 26.3. The van der Waals surface area contributed by atoms with Crippen molar-refractivity contribution in [1.29, 1.82) is 0 Å². The number of morpholine rings is 1. The topological polar surface area (TPSA) is 83.9 Å². The molecule has 202 valence electrons. The minimum absolute atomic E-state index is 0.00729. The first-order valence-corrected chi connectivity index (χ1v) is 13.5. The Bertz CT molecular complexity index is 1260. The first-order chi connectivity index (χ1) is 18.3. The molecule has 1 amide bonds. The molecule has 0 N–H and O–H groups in total. The van der Waals surface area contributed by atoms with E-state index >= 15 is 0 Å². The quantitative estimate of drug-likeness (QED) is 0.471. The molecule has 5 rings (SSSR count). The number of aryl methyl sites for hydroxylation is 1. The average Bonchev–Trinajstić information content (AvgIpc) is 2.90. The Morgan fingerprint density at radius 3 is 2.58 bits per heavy atom. The van der Waals surface area contributed by atoms with E-state index in [2.05, 4.69) is 70.9 Å². The molecule has 2 saturated heterocycles. The van der Waals surface area contributed by atoms with Gasteiger partial charge in [-0.25, -0.2) is 15.0 Å². The van der Waals surface area contributed by atoms with Gasteiger partial charge in [-0.3, -0.25) is 14.8 Å². The highest BCUT2D eigenvalue weighted by Crippen LogP contribution is 2.34. The fraction of sp³-hybridized carbons (Fsp3) is 0.517. The number of benzene rings is 1. The number of rotatable bonds is 6. The van der Waals surface area contributed by atoms with Crippen molar-refractivity contribution in [2.24, 2.45) is 5.41 Å². The Hall–Kier alpha value is -3.30. The van der Waals surface area contributed by atoms with E-state index in [-0.39, 0.29) is 17.4 Å². The van der Waals surface area contributed by atoms with E-state index in [1.54, 1.807) is 18.7 Å². The Morgan fingerprint density at radius 1 is 1.11 bits per heavy atom. The number of likely N-dealkylation sites (tertiary alicyclic amines) is 1. The normalized spacial score (nSPS) is 17.5. The van der Waals surface area contributed by atoms with E-state index in [0.717, 1.165) is 72.7 Å². The summed E-state index contributed by atoms with van der Waals surface area (Å²) in [7, 11) is 0. The Balaban J connectivity index is 1.33. The number of pyridine rings is 1. The van der Waals surface area contributed by atoms with Gasteiger partial charge in [0.15, 0.2) is 5.82 Å². The maximum Gasteiger partial charge on any atom is 0.223 e. The molecule has 0 radical (unpaired) electrons. The van der Waals surface area contributed by atoms with Crippen LogP contribution < -0.4 is 9.75 Å². The van der Waals surface area contributed by atoms with Crippen molar-refractivity contribution in [2.75, 3.05) is 44.4 Å². The molecule has 0 saturated carbocycles. The first-order valence-electron chi connectivity index (χ1n) is 13.5. The van der Waals surface area contributed by atoms with Gasteiger partial charge in [0.2, 0.25) is 5.91 Å². The van der Waals surface area contributed by atoms with E-state index in [4.69, 9.17) is 9.47 Å². The summed E-state index contributed by atoms with van der Waals surface area (Å²) < 4.78 is 12.1. The number of piperidine rings is 1. The van der Waals surface area contributed by atoms with Crippen molar-refractivity contribution in [3.8, 4) is 5.75 Å². The lowest BCUT2D eigenvalue weighted by molar-refractivity contribution is -0.134. The molecule has 2 aliphatic heterocycles. The van der Waals surface area contributed by atoms with Crippen LogP contribution in [0.5, 0.6) is 5.75 Å². The lowest BCUT2D eigenvalue weighted by atomic mass is 9.91. The maximum atomic E-state index is 12.6. The molecule has 4 heterocycles. The van der Waals surface area contributed by atoms with E-state index in [9.17, 15) is 4.79 Å². The lowest BCUT2D eigenvalue weighted by Gasteiger charge is -2.38. The molecule has 9 nitrogen and oxygen atoms in total. The number of nitrogens with zero attached hydrogens (tertiary/aromatic N) is 6. The maximum absolute atomic E-state index is 12.6. The number of anilines is 2. The monoisotopic (exact) mass is 518 g/mol. The van der Waals surface area contributed by atoms with E-state index in [1.165, 1.54) is 0 Å². The molecule has 0 bridgehead atoms. The van der Waals surface area contributed by atoms with Crippen molar-refractivity contribution >= 4 is 28.3 Å². The minimum Gasteiger partial charge on any atom is -0.490 e. The van der Waals surface area contributed by atoms with Gasteiger partial charge >= 0.3 is 0 Å². The van der Waals surface area contributed by atoms with Crippen LogP contribution in [0.3, 0.4) is 0 Å². The number of aromatic nitrogens is 3. The summed E-state index contributed by atoms with van der Waals surface area (Å²) in [5.74, 6) is 1.94. The predicted molar refractivity (Wildman–Crippen MR) is 147 cm³/mol. The molecule has 0 aliphatic carbocycles. The van der Waals surface area contributed by atoms with E-state index < -0.39 is 0 Å². The molecule has 38 heavy (non-hydrogen) atoms. The standard InChI is InChI=1S/C29H38N6O3/c1-21-17-22(5-6-26(21)38-23-8-11-33(12-9-23)27(36)18-29(2,3)4)35(34-13-15-37-16-14-34)28-24-7-10-30-19-25(24)31-20-32-28/h5-7,10,17,19-20,23H,8-9,11-16,18H2,1-4H3. The second-order valence-corrected chi connectivity index (χ2v) is 11.4. The third kappa shape index (κ3) is 6.05. The van der Waals surface area contributed by atoms with Crippen molar-refractivity contribution in [3.63, 3.8) is 0 Å². The molecule has 2 aliphatic rings. The van der Waals surface area contributed by atoms with Crippen LogP contribution >= 0.6 is 0 Å². The number of hydrogen-bond acceptors (Lipinski definition) is 8. The van der Waals surface area contributed by atoms with Gasteiger partial charge < -0.3 is 14.4 Å². The van der Waals surface area contributed by atoms with Crippen molar-refractivity contribution < 1.29 is 14.3 Å². The Labute approximate surface area is 224 Å². The van der Waals surface area contributed by atoms with Crippen molar-refractivity contribution in [2.45, 2.75) is 53.1 Å². The van der Waals surface area contributed by atoms with Gasteiger partial charge in [-0.15, -0.1) is 0 Å². The number of ether oxygens (including phenoxy) is 2. The van der Waals surface area contributed by atoms with Crippen LogP contribution in [-0.4, -0.2) is 76.3 Å². The fourth-order valence-electron chi connectivity index (χ4n) is 5.10. The molecular formula is C29H38N6O3. The molecule has 0 spiro atoms. The van der Waals surface area contributed by atoms with Gasteiger partial charge in [-0.1, -0.05) is 20.8 Å². The Kier molecular flexibility index (Phi) is 7.76. The van der Waals surface area contributed by atoms with Crippen molar-refractivity contribution in [3.05, 3.63) is 48.5 Å². The van der Waals surface area contributed by atoms with Crippen LogP contribution in [0.4, 0.5) is 11.5 Å². The summed E-state index contributed by atoms with van der Waals surface area (Å²) in [4.78, 5) is 27.9. The van der Waals surface area contributed by atoms with Gasteiger partial charge in [-0.05, 0) is 42.2 Å². The van der Waals surface area contributed by atoms with Crippen LogP contribution in [0.15, 0.2) is 43.0 Å². The molecule has 0 unspecified atom stereocenters. The number of amides is 1. The molecule has 2 fully saturated rings. The largest absolute Gasteiger partial charge is 0.490 e. The zero-order valence-electron chi connectivity index (χ0n) is 22.9. The summed E-state index contributed by atoms with van der Waals surface area (Å²) in [6, 6.07) is 8.26. The third-order valence-electron chi connectivity index (χ3n) is 7.06. The zero-order valence-corrected chi connectivity index (χ0v) is 22.9. The third-order valence-corrected chi connectivity index (χ3v) is 7.06. The van der Waals surface area contributed by atoms with Crippen LogP contribution in [0, 0.1) is 12.3 Å². The van der Waals surface area contributed by atoms with Crippen LogP contribution in [-0.2, 0) is 9.53 Å². The van der Waals surface area contributed by atoms with E-state index in [0.29, 0.717) is 19.6 Å². The summed E-state index contributed by atoms with van der Waals surface area (Å²) in [6.07, 6.45) is 7.51. The highest BCUT2D eigenvalue weighted by atomic mass is 16.5. The molecule has 9 heteroatoms. The van der Waals surface area contributed by atoms with Gasteiger partial charge in [0.1, 0.15) is 18.2 Å². The number of hydrazine groups is 1.